The minimum absolute atomic E-state index is 0.00259. The summed E-state index contributed by atoms with van der Waals surface area (Å²) < 4.78 is 13.5. The van der Waals surface area contributed by atoms with Gasteiger partial charge in [0, 0.05) is 36.8 Å². The number of carbonyl (C=O) groups is 3. The zero-order chi connectivity index (χ0) is 20.4. The van der Waals surface area contributed by atoms with Gasteiger partial charge in [0.05, 0.1) is 5.92 Å². The lowest BCUT2D eigenvalue weighted by molar-refractivity contribution is -0.136. The number of amides is 3. The van der Waals surface area contributed by atoms with Gasteiger partial charge in [-0.05, 0) is 42.7 Å². The van der Waals surface area contributed by atoms with Crippen LogP contribution in [0.15, 0.2) is 48.5 Å². The maximum Gasteiger partial charge on any atom is 0.251 e. The molecule has 4 rings (SSSR count). The highest BCUT2D eigenvalue weighted by Gasteiger charge is 2.35. The standard InChI is InChI=1S/C22H22FN3O3/c23-15-6-7-17-18(13-20(27)25-19(17)12-15)22(29)26-10-8-16(9-11-26)24-21(28)14-4-2-1-3-5-14/h1-7,12,16,18H,8-11,13H2,(H,24,28)(H,25,27)/t18-/m0/s1. The van der Waals surface area contributed by atoms with Gasteiger partial charge < -0.3 is 15.5 Å². The molecule has 0 spiro atoms. The van der Waals surface area contributed by atoms with Gasteiger partial charge >= 0.3 is 0 Å². The number of hydrogen-bond donors (Lipinski definition) is 2. The van der Waals surface area contributed by atoms with Crippen molar-refractivity contribution in [3.63, 3.8) is 0 Å². The van der Waals surface area contributed by atoms with Gasteiger partial charge in [-0.2, -0.15) is 0 Å². The normalized spacial score (nSPS) is 19.3. The summed E-state index contributed by atoms with van der Waals surface area (Å²) in [5, 5.41) is 5.66. The topological polar surface area (TPSA) is 78.5 Å². The van der Waals surface area contributed by atoms with Gasteiger partial charge in [-0.1, -0.05) is 24.3 Å². The average molecular weight is 395 g/mol. The summed E-state index contributed by atoms with van der Waals surface area (Å²) in [6, 6.07) is 13.2. The van der Waals surface area contributed by atoms with Crippen molar-refractivity contribution in [1.29, 1.82) is 0 Å². The van der Waals surface area contributed by atoms with Crippen LogP contribution in [-0.4, -0.2) is 41.8 Å². The third-order valence-electron chi connectivity index (χ3n) is 5.53. The van der Waals surface area contributed by atoms with Crippen molar-refractivity contribution in [1.82, 2.24) is 10.2 Å². The van der Waals surface area contributed by atoms with Gasteiger partial charge in [-0.15, -0.1) is 0 Å². The molecule has 2 heterocycles. The summed E-state index contributed by atoms with van der Waals surface area (Å²) >= 11 is 0. The number of likely N-dealkylation sites (tertiary alicyclic amines) is 1. The molecule has 0 bridgehead atoms. The van der Waals surface area contributed by atoms with E-state index in [0.717, 1.165) is 0 Å². The smallest absolute Gasteiger partial charge is 0.251 e. The highest BCUT2D eigenvalue weighted by molar-refractivity contribution is 6.01. The van der Waals surface area contributed by atoms with E-state index in [1.165, 1.54) is 12.1 Å². The third kappa shape index (κ3) is 4.13. The zero-order valence-electron chi connectivity index (χ0n) is 15.9. The van der Waals surface area contributed by atoms with Gasteiger partial charge in [0.2, 0.25) is 11.8 Å². The summed E-state index contributed by atoms with van der Waals surface area (Å²) in [5.41, 5.74) is 1.63. The molecule has 2 aliphatic rings. The van der Waals surface area contributed by atoms with E-state index < -0.39 is 11.7 Å². The van der Waals surface area contributed by atoms with Crippen LogP contribution in [0, 0.1) is 5.82 Å². The Hall–Kier alpha value is -3.22. The van der Waals surface area contributed by atoms with Crippen LogP contribution in [-0.2, 0) is 9.59 Å². The molecule has 1 fully saturated rings. The van der Waals surface area contributed by atoms with Crippen LogP contribution in [0.1, 0.15) is 41.1 Å². The highest BCUT2D eigenvalue weighted by Crippen LogP contribution is 2.34. The first-order valence-electron chi connectivity index (χ1n) is 9.75. The molecule has 0 aliphatic carbocycles. The molecule has 7 heteroatoms. The van der Waals surface area contributed by atoms with E-state index in [1.54, 1.807) is 23.1 Å². The van der Waals surface area contributed by atoms with Crippen molar-refractivity contribution >= 4 is 23.4 Å². The van der Waals surface area contributed by atoms with Crippen LogP contribution in [0.5, 0.6) is 0 Å². The Labute approximate surface area is 168 Å². The van der Waals surface area contributed by atoms with Crippen molar-refractivity contribution in [2.75, 3.05) is 18.4 Å². The summed E-state index contributed by atoms with van der Waals surface area (Å²) in [7, 11) is 0. The Bertz CT molecular complexity index is 940. The largest absolute Gasteiger partial charge is 0.349 e. The number of rotatable bonds is 3. The summed E-state index contributed by atoms with van der Waals surface area (Å²) in [4.78, 5) is 39.1. The second kappa shape index (κ2) is 8.03. The number of halogens is 1. The Kier molecular flexibility index (Phi) is 5.29. The molecule has 2 aromatic carbocycles. The van der Waals surface area contributed by atoms with Crippen molar-refractivity contribution in [2.45, 2.75) is 31.2 Å². The van der Waals surface area contributed by atoms with E-state index in [1.807, 2.05) is 18.2 Å². The fourth-order valence-corrected chi connectivity index (χ4v) is 3.98. The molecule has 0 radical (unpaired) electrons. The lowest BCUT2D eigenvalue weighted by Crippen LogP contribution is -2.48. The zero-order valence-corrected chi connectivity index (χ0v) is 15.9. The van der Waals surface area contributed by atoms with E-state index in [-0.39, 0.29) is 30.2 Å². The number of nitrogens with zero attached hydrogens (tertiary/aromatic N) is 1. The van der Waals surface area contributed by atoms with E-state index >= 15 is 0 Å². The lowest BCUT2D eigenvalue weighted by Gasteiger charge is -2.36. The van der Waals surface area contributed by atoms with Crippen LogP contribution >= 0.6 is 0 Å². The van der Waals surface area contributed by atoms with Gasteiger partial charge in [0.25, 0.3) is 5.91 Å². The number of nitrogens with one attached hydrogen (secondary N) is 2. The highest BCUT2D eigenvalue weighted by atomic mass is 19.1. The maximum atomic E-state index is 13.5. The number of carbonyl (C=O) groups excluding carboxylic acids is 3. The molecule has 2 N–H and O–H groups in total. The molecule has 0 saturated carbocycles. The van der Waals surface area contributed by atoms with Crippen molar-refractivity contribution in [2.24, 2.45) is 0 Å². The van der Waals surface area contributed by atoms with Crippen LogP contribution in [0.3, 0.4) is 0 Å². The van der Waals surface area contributed by atoms with Gasteiger partial charge in [-0.3, -0.25) is 14.4 Å². The molecule has 0 aromatic heterocycles. The van der Waals surface area contributed by atoms with Crippen LogP contribution < -0.4 is 10.6 Å². The Balaban J connectivity index is 1.38. The van der Waals surface area contributed by atoms with Crippen molar-refractivity contribution in [3.05, 3.63) is 65.5 Å². The molecule has 29 heavy (non-hydrogen) atoms. The maximum absolute atomic E-state index is 13.5. The number of benzene rings is 2. The molecule has 2 aliphatic heterocycles. The molecular formula is C22H22FN3O3. The first kappa shape index (κ1) is 19.1. The fourth-order valence-electron chi connectivity index (χ4n) is 3.98. The first-order chi connectivity index (χ1) is 14.0. The second-order valence-corrected chi connectivity index (χ2v) is 7.48. The summed E-state index contributed by atoms with van der Waals surface area (Å²) in [5.74, 6) is -1.58. The Morgan fingerprint density at radius 3 is 2.52 bits per heavy atom. The Morgan fingerprint density at radius 1 is 1.07 bits per heavy atom. The van der Waals surface area contributed by atoms with Crippen molar-refractivity contribution in [3.8, 4) is 0 Å². The second-order valence-electron chi connectivity index (χ2n) is 7.48. The molecule has 150 valence electrons. The van der Waals surface area contributed by atoms with Crippen LogP contribution in [0.4, 0.5) is 10.1 Å². The fraction of sp³-hybridized carbons (Fsp3) is 0.318. The third-order valence-corrected chi connectivity index (χ3v) is 5.53. The van der Waals surface area contributed by atoms with Gasteiger partial charge in [0.15, 0.2) is 0 Å². The predicted molar refractivity (Wildman–Crippen MR) is 106 cm³/mol. The number of anilines is 1. The van der Waals surface area contributed by atoms with Crippen LogP contribution in [0.25, 0.3) is 0 Å². The average Bonchev–Trinajstić information content (AvgIpc) is 2.73. The van der Waals surface area contributed by atoms with E-state index in [4.69, 9.17) is 0 Å². The molecular weight excluding hydrogens is 373 g/mol. The first-order valence-corrected chi connectivity index (χ1v) is 9.75. The Morgan fingerprint density at radius 2 is 1.79 bits per heavy atom. The van der Waals surface area contributed by atoms with Crippen molar-refractivity contribution < 1.29 is 18.8 Å². The molecule has 6 nitrogen and oxygen atoms in total. The number of hydrogen-bond acceptors (Lipinski definition) is 3. The minimum atomic E-state index is -0.602. The summed E-state index contributed by atoms with van der Waals surface area (Å²) in [6.45, 7) is 1.01. The summed E-state index contributed by atoms with van der Waals surface area (Å²) in [6.07, 6.45) is 1.36. The monoisotopic (exact) mass is 395 g/mol. The molecule has 0 unspecified atom stereocenters. The van der Waals surface area contributed by atoms with E-state index in [9.17, 15) is 18.8 Å². The lowest BCUT2D eigenvalue weighted by atomic mass is 9.88. The molecule has 1 atom stereocenters. The van der Waals surface area contributed by atoms with Gasteiger partial charge in [0.1, 0.15) is 5.82 Å². The SMILES string of the molecule is O=C1C[C@H](C(=O)N2CCC(NC(=O)c3ccccc3)CC2)c2ccc(F)cc2N1. The molecule has 3 amide bonds. The molecule has 1 saturated heterocycles. The van der Waals surface area contributed by atoms with Gasteiger partial charge in [-0.25, -0.2) is 4.39 Å². The van der Waals surface area contributed by atoms with E-state index in [2.05, 4.69) is 10.6 Å². The van der Waals surface area contributed by atoms with Crippen LogP contribution in [0.2, 0.25) is 0 Å². The number of piperidine rings is 1. The molecule has 2 aromatic rings. The quantitative estimate of drug-likeness (QED) is 0.839. The number of fused-ring (bicyclic) bond motifs is 1. The predicted octanol–water partition coefficient (Wildman–Crippen LogP) is 2.67. The minimum Gasteiger partial charge on any atom is -0.349 e. The van der Waals surface area contributed by atoms with E-state index in [0.29, 0.717) is 42.7 Å².